The number of rotatable bonds is 6. The van der Waals surface area contributed by atoms with Crippen molar-refractivity contribution in [2.45, 2.75) is 71.7 Å². The van der Waals surface area contributed by atoms with Gasteiger partial charge in [0.15, 0.2) is 19.8 Å². The van der Waals surface area contributed by atoms with E-state index in [4.69, 9.17) is 13.9 Å². The van der Waals surface area contributed by atoms with E-state index in [1.165, 1.54) is 0 Å². The number of fused-ring (bicyclic) bond motifs is 1. The number of methoxy groups -OCH3 is 2. The van der Waals surface area contributed by atoms with Crippen LogP contribution in [0.25, 0.3) is 6.08 Å². The Kier molecular flexibility index (Phi) is 8.39. The van der Waals surface area contributed by atoms with Crippen molar-refractivity contribution in [3.63, 3.8) is 0 Å². The quantitative estimate of drug-likeness (QED) is 0.590. The SMILES string of the molecule is COc1cc2c(cc1OC)CCNC(=O)C(CC(C)C)C(O[Si](C)(C)C(C)(C)C)/C=C/2. The largest absolute Gasteiger partial charge is 0.493 e. The van der Waals surface area contributed by atoms with Crippen LogP contribution in [0.1, 0.15) is 52.2 Å². The topological polar surface area (TPSA) is 56.8 Å². The molecular weight excluding hydrogens is 406 g/mol. The third-order valence-electron chi connectivity index (χ3n) is 6.50. The Labute approximate surface area is 189 Å². The second-order valence-corrected chi connectivity index (χ2v) is 15.1. The highest BCUT2D eigenvalue weighted by Gasteiger charge is 2.41. The highest BCUT2D eigenvalue weighted by molar-refractivity contribution is 6.74. The molecule has 0 aromatic heterocycles. The van der Waals surface area contributed by atoms with Crippen LogP contribution < -0.4 is 14.8 Å². The van der Waals surface area contributed by atoms with E-state index in [2.05, 4.69) is 65.2 Å². The van der Waals surface area contributed by atoms with Crippen LogP contribution in [0.15, 0.2) is 18.2 Å². The average molecular weight is 448 g/mol. The van der Waals surface area contributed by atoms with Gasteiger partial charge >= 0.3 is 0 Å². The van der Waals surface area contributed by atoms with Crippen LogP contribution in [0.4, 0.5) is 0 Å². The average Bonchev–Trinajstić information content (AvgIpc) is 2.67. The van der Waals surface area contributed by atoms with Gasteiger partial charge in [-0.2, -0.15) is 0 Å². The van der Waals surface area contributed by atoms with Gasteiger partial charge < -0.3 is 19.2 Å². The van der Waals surface area contributed by atoms with E-state index < -0.39 is 8.32 Å². The van der Waals surface area contributed by atoms with Gasteiger partial charge in [0.25, 0.3) is 0 Å². The molecule has 0 aliphatic carbocycles. The van der Waals surface area contributed by atoms with Gasteiger partial charge in [-0.1, -0.05) is 46.8 Å². The van der Waals surface area contributed by atoms with E-state index in [9.17, 15) is 4.79 Å². The first-order valence-corrected chi connectivity index (χ1v) is 14.2. The minimum Gasteiger partial charge on any atom is -0.493 e. The molecule has 1 heterocycles. The molecule has 1 aromatic carbocycles. The first kappa shape index (κ1) is 25.5. The van der Waals surface area contributed by atoms with Crippen molar-refractivity contribution in [1.29, 1.82) is 0 Å². The van der Waals surface area contributed by atoms with Crippen LogP contribution in [0.3, 0.4) is 0 Å². The molecule has 1 N–H and O–H groups in total. The first-order valence-electron chi connectivity index (χ1n) is 11.3. The maximum absolute atomic E-state index is 13.2. The fraction of sp³-hybridized carbons (Fsp3) is 0.640. The lowest BCUT2D eigenvalue weighted by Gasteiger charge is -2.40. The zero-order valence-electron chi connectivity index (χ0n) is 20.8. The molecular formula is C25H41NO4Si. The lowest BCUT2D eigenvalue weighted by Crippen LogP contribution is -2.48. The molecule has 2 atom stereocenters. The molecule has 1 amide bonds. The van der Waals surface area contributed by atoms with Gasteiger partial charge in [-0.15, -0.1) is 0 Å². The lowest BCUT2D eigenvalue weighted by molar-refractivity contribution is -0.127. The van der Waals surface area contributed by atoms with Crippen LogP contribution in [-0.2, 0) is 15.6 Å². The Balaban J connectivity index is 2.55. The summed E-state index contributed by atoms with van der Waals surface area (Å²) in [5, 5.41) is 3.22. The second-order valence-electron chi connectivity index (χ2n) is 10.4. The molecule has 1 aliphatic heterocycles. The second kappa shape index (κ2) is 10.2. The van der Waals surface area contributed by atoms with Crippen LogP contribution in [0.2, 0.25) is 18.1 Å². The van der Waals surface area contributed by atoms with E-state index in [1.54, 1.807) is 14.2 Å². The number of carbonyl (C=O) groups excluding carboxylic acids is 1. The maximum atomic E-state index is 13.2. The molecule has 5 nitrogen and oxygen atoms in total. The van der Waals surface area contributed by atoms with E-state index >= 15 is 0 Å². The Bertz CT molecular complexity index is 795. The molecule has 0 bridgehead atoms. The number of ether oxygens (including phenoxy) is 2. The highest BCUT2D eigenvalue weighted by atomic mass is 28.4. The molecule has 6 heteroatoms. The van der Waals surface area contributed by atoms with Crippen LogP contribution >= 0.6 is 0 Å². The van der Waals surface area contributed by atoms with Gasteiger partial charge in [0.2, 0.25) is 5.91 Å². The molecule has 1 aliphatic rings. The zero-order chi connectivity index (χ0) is 23.4. The van der Waals surface area contributed by atoms with Crippen molar-refractivity contribution in [3.05, 3.63) is 29.3 Å². The zero-order valence-corrected chi connectivity index (χ0v) is 21.8. The lowest BCUT2D eigenvalue weighted by atomic mass is 9.89. The summed E-state index contributed by atoms with van der Waals surface area (Å²) in [5.41, 5.74) is 2.18. The van der Waals surface area contributed by atoms with Gasteiger partial charge in [-0.25, -0.2) is 0 Å². The molecule has 0 radical (unpaired) electrons. The molecule has 31 heavy (non-hydrogen) atoms. The molecule has 174 valence electrons. The first-order chi connectivity index (χ1) is 14.4. The van der Waals surface area contributed by atoms with E-state index in [0.717, 1.165) is 24.0 Å². The summed E-state index contributed by atoms with van der Waals surface area (Å²) in [4.78, 5) is 13.2. The summed E-state index contributed by atoms with van der Waals surface area (Å²) in [7, 11) is 1.21. The van der Waals surface area contributed by atoms with Gasteiger partial charge in [0, 0.05) is 6.54 Å². The summed E-state index contributed by atoms with van der Waals surface area (Å²) in [6, 6.07) is 4.01. The molecule has 0 saturated heterocycles. The van der Waals surface area contributed by atoms with Crippen molar-refractivity contribution in [2.24, 2.45) is 11.8 Å². The normalized spacial score (nSPS) is 21.3. The number of amides is 1. The maximum Gasteiger partial charge on any atom is 0.226 e. The van der Waals surface area contributed by atoms with Gasteiger partial charge in [-0.3, -0.25) is 4.79 Å². The Hall–Kier alpha value is -1.79. The monoisotopic (exact) mass is 447 g/mol. The van der Waals surface area contributed by atoms with Gasteiger partial charge in [0.05, 0.1) is 26.2 Å². The highest BCUT2D eigenvalue weighted by Crippen LogP contribution is 2.39. The molecule has 0 fully saturated rings. The third-order valence-corrected chi connectivity index (χ3v) is 11.0. The number of benzene rings is 1. The van der Waals surface area contributed by atoms with Crippen LogP contribution in [0, 0.1) is 11.8 Å². The summed E-state index contributed by atoms with van der Waals surface area (Å²) in [6.45, 7) is 16.1. The Morgan fingerprint density at radius 3 is 2.29 bits per heavy atom. The van der Waals surface area contributed by atoms with Crippen molar-refractivity contribution in [1.82, 2.24) is 5.32 Å². The van der Waals surface area contributed by atoms with E-state index in [0.29, 0.717) is 24.0 Å². The molecule has 1 aromatic rings. The standard InChI is InChI=1S/C25H41NO4Si/c1-17(2)14-20-21(30-31(8,9)25(3,4)5)11-10-18-15-22(28-6)23(29-7)16-19(18)12-13-26-24(20)27/h10-11,15-17,20-21H,12-14H2,1-9H3,(H,26,27)/b11-10+. The third kappa shape index (κ3) is 6.36. The van der Waals surface area contributed by atoms with Gasteiger partial charge in [0.1, 0.15) is 0 Å². The van der Waals surface area contributed by atoms with Crippen LogP contribution in [0.5, 0.6) is 11.5 Å². The van der Waals surface area contributed by atoms with E-state index in [1.807, 2.05) is 12.1 Å². The number of carbonyl (C=O) groups is 1. The number of hydrogen-bond acceptors (Lipinski definition) is 4. The van der Waals surface area contributed by atoms with Crippen LogP contribution in [-0.4, -0.2) is 41.1 Å². The Morgan fingerprint density at radius 1 is 1.13 bits per heavy atom. The Morgan fingerprint density at radius 2 is 1.74 bits per heavy atom. The summed E-state index contributed by atoms with van der Waals surface area (Å²) >= 11 is 0. The van der Waals surface area contributed by atoms with Crippen molar-refractivity contribution < 1.29 is 18.7 Å². The molecule has 2 unspecified atom stereocenters. The summed E-state index contributed by atoms with van der Waals surface area (Å²) < 4.78 is 17.8. The van der Waals surface area contributed by atoms with Gasteiger partial charge in [-0.05, 0) is 60.2 Å². The fourth-order valence-corrected chi connectivity index (χ4v) is 4.91. The smallest absolute Gasteiger partial charge is 0.226 e. The predicted octanol–water partition coefficient (Wildman–Crippen LogP) is 5.44. The van der Waals surface area contributed by atoms with E-state index in [-0.39, 0.29) is 23.0 Å². The summed E-state index contributed by atoms with van der Waals surface area (Å²) in [5.74, 6) is 1.66. The van der Waals surface area contributed by atoms with Crippen molar-refractivity contribution in [2.75, 3.05) is 20.8 Å². The molecule has 0 saturated carbocycles. The predicted molar refractivity (Wildman–Crippen MR) is 130 cm³/mol. The number of hydrogen-bond donors (Lipinski definition) is 1. The minimum atomic E-state index is -2.08. The fourth-order valence-electron chi connectivity index (χ4n) is 3.63. The molecule has 2 rings (SSSR count). The summed E-state index contributed by atoms with van der Waals surface area (Å²) in [6.07, 6.45) is 5.43. The number of nitrogens with one attached hydrogen (secondary N) is 1. The molecule has 0 spiro atoms. The van der Waals surface area contributed by atoms with Crippen molar-refractivity contribution >= 4 is 20.3 Å². The minimum absolute atomic E-state index is 0.0590. The van der Waals surface area contributed by atoms with Crippen molar-refractivity contribution in [3.8, 4) is 11.5 Å².